The maximum atomic E-state index is 12.3. The Morgan fingerprint density at radius 3 is 2.74 bits per heavy atom. The Kier molecular flexibility index (Phi) is 4.51. The molecule has 0 bridgehead atoms. The minimum Gasteiger partial charge on any atom is -0.342 e. The molecule has 1 atom stereocenters. The first-order valence-electron chi connectivity index (χ1n) is 8.45. The van der Waals surface area contributed by atoms with E-state index in [-0.39, 0.29) is 11.8 Å². The second-order valence-corrected chi connectivity index (χ2v) is 6.84. The minimum absolute atomic E-state index is 0.0621. The van der Waals surface area contributed by atoms with E-state index in [1.807, 2.05) is 24.9 Å². The smallest absolute Gasteiger partial charge is 0.225 e. The Bertz CT molecular complexity index is 672. The summed E-state index contributed by atoms with van der Waals surface area (Å²) >= 11 is 0. The molecule has 3 rings (SSSR count). The van der Waals surface area contributed by atoms with Crippen LogP contribution in [0.3, 0.4) is 0 Å². The van der Waals surface area contributed by atoms with Crippen molar-refractivity contribution >= 4 is 5.91 Å². The second-order valence-electron chi connectivity index (χ2n) is 6.84. The molecule has 1 aromatic heterocycles. The van der Waals surface area contributed by atoms with E-state index in [1.54, 1.807) is 0 Å². The molecule has 0 aliphatic carbocycles. The third kappa shape index (κ3) is 3.31. The lowest BCUT2D eigenvalue weighted by molar-refractivity contribution is -0.135. The van der Waals surface area contributed by atoms with Crippen LogP contribution in [0, 0.1) is 12.8 Å². The zero-order valence-corrected chi connectivity index (χ0v) is 14.2. The van der Waals surface area contributed by atoms with Crippen molar-refractivity contribution in [1.29, 1.82) is 0 Å². The fourth-order valence-electron chi connectivity index (χ4n) is 3.35. The van der Waals surface area contributed by atoms with Crippen molar-refractivity contribution in [2.75, 3.05) is 13.1 Å². The number of piperidine rings is 1. The Hall–Kier alpha value is -2.10. The lowest BCUT2D eigenvalue weighted by Gasteiger charge is -2.33. The van der Waals surface area contributed by atoms with Crippen molar-refractivity contribution in [3.63, 3.8) is 0 Å². The predicted octanol–water partition coefficient (Wildman–Crippen LogP) is 3.75. The summed E-state index contributed by atoms with van der Waals surface area (Å²) in [6, 6.07) is 8.54. The molecule has 122 valence electrons. The van der Waals surface area contributed by atoms with Gasteiger partial charge in [-0.2, -0.15) is 5.10 Å². The van der Waals surface area contributed by atoms with Crippen LogP contribution in [0.15, 0.2) is 30.5 Å². The van der Waals surface area contributed by atoms with Gasteiger partial charge in [-0.05, 0) is 25.3 Å². The molecule has 1 saturated heterocycles. The molecule has 2 aromatic rings. The lowest BCUT2D eigenvalue weighted by Crippen LogP contribution is -2.41. The molecular weight excluding hydrogens is 286 g/mol. The van der Waals surface area contributed by atoms with Gasteiger partial charge in [0, 0.05) is 36.2 Å². The first kappa shape index (κ1) is 15.8. The molecule has 1 fully saturated rings. The number of benzene rings is 1. The van der Waals surface area contributed by atoms with E-state index in [4.69, 9.17) is 0 Å². The van der Waals surface area contributed by atoms with Gasteiger partial charge < -0.3 is 4.90 Å². The molecular formula is C19H25N3O. The number of nitrogens with zero attached hydrogens (tertiary/aromatic N) is 2. The fourth-order valence-corrected chi connectivity index (χ4v) is 3.35. The van der Waals surface area contributed by atoms with Crippen LogP contribution in [-0.2, 0) is 4.79 Å². The number of likely N-dealkylation sites (tertiary alicyclic amines) is 1. The van der Waals surface area contributed by atoms with Crippen LogP contribution in [0.1, 0.15) is 43.9 Å². The summed E-state index contributed by atoms with van der Waals surface area (Å²) in [5.74, 6) is 0.656. The van der Waals surface area contributed by atoms with Gasteiger partial charge in [-0.3, -0.25) is 9.89 Å². The highest BCUT2D eigenvalue weighted by Crippen LogP contribution is 2.33. The minimum atomic E-state index is 0.0621. The second kappa shape index (κ2) is 6.57. The molecule has 1 aromatic carbocycles. The van der Waals surface area contributed by atoms with Gasteiger partial charge in [-0.1, -0.05) is 43.7 Å². The van der Waals surface area contributed by atoms with Crippen LogP contribution >= 0.6 is 0 Å². The number of amides is 1. The maximum Gasteiger partial charge on any atom is 0.225 e. The molecule has 1 aliphatic heterocycles. The third-order valence-electron chi connectivity index (χ3n) is 4.67. The number of nitrogens with one attached hydrogen (secondary N) is 1. The van der Waals surface area contributed by atoms with Gasteiger partial charge in [0.2, 0.25) is 5.91 Å². The zero-order chi connectivity index (χ0) is 16.4. The molecule has 4 nitrogen and oxygen atoms in total. The third-order valence-corrected chi connectivity index (χ3v) is 4.67. The number of hydrogen-bond acceptors (Lipinski definition) is 2. The Morgan fingerprint density at radius 2 is 2.04 bits per heavy atom. The van der Waals surface area contributed by atoms with Gasteiger partial charge in [0.15, 0.2) is 0 Å². The molecule has 1 amide bonds. The van der Waals surface area contributed by atoms with Crippen LogP contribution in [-0.4, -0.2) is 34.1 Å². The van der Waals surface area contributed by atoms with E-state index >= 15 is 0 Å². The molecule has 4 heteroatoms. The molecule has 0 saturated carbocycles. The van der Waals surface area contributed by atoms with Crippen LogP contribution < -0.4 is 0 Å². The number of aromatic nitrogens is 2. The van der Waals surface area contributed by atoms with Gasteiger partial charge in [0.25, 0.3) is 0 Å². The summed E-state index contributed by atoms with van der Waals surface area (Å²) in [6.07, 6.45) is 4.06. The number of carbonyl (C=O) groups excluding carboxylic acids is 1. The van der Waals surface area contributed by atoms with Crippen LogP contribution in [0.2, 0.25) is 0 Å². The summed E-state index contributed by atoms with van der Waals surface area (Å²) in [6.45, 7) is 7.70. The molecule has 0 radical (unpaired) electrons. The number of H-pyrrole nitrogens is 1. The standard InChI is InChI=1S/C19H25N3O/c1-13(2)19(23)22-10-4-5-16(12-22)18-17(11-20-21-18)15-8-6-14(3)7-9-15/h6-9,11,13,16H,4-5,10,12H2,1-3H3,(H,20,21). The van der Waals surface area contributed by atoms with Crippen molar-refractivity contribution in [2.24, 2.45) is 5.92 Å². The van der Waals surface area contributed by atoms with Crippen LogP contribution in [0.5, 0.6) is 0 Å². The van der Waals surface area contributed by atoms with Crippen molar-refractivity contribution in [2.45, 2.75) is 39.5 Å². The van der Waals surface area contributed by atoms with E-state index in [0.29, 0.717) is 5.92 Å². The van der Waals surface area contributed by atoms with E-state index in [1.165, 1.54) is 11.1 Å². The van der Waals surface area contributed by atoms with Crippen molar-refractivity contribution in [1.82, 2.24) is 15.1 Å². The Balaban J connectivity index is 1.84. The van der Waals surface area contributed by atoms with E-state index in [0.717, 1.165) is 37.2 Å². The van der Waals surface area contributed by atoms with Gasteiger partial charge in [0.05, 0.1) is 6.20 Å². The number of rotatable bonds is 3. The van der Waals surface area contributed by atoms with Gasteiger partial charge in [-0.15, -0.1) is 0 Å². The van der Waals surface area contributed by atoms with Gasteiger partial charge in [0.1, 0.15) is 0 Å². The van der Waals surface area contributed by atoms with Crippen LogP contribution in [0.4, 0.5) is 0 Å². The highest BCUT2D eigenvalue weighted by atomic mass is 16.2. The molecule has 1 N–H and O–H groups in total. The van der Waals surface area contributed by atoms with Gasteiger partial charge >= 0.3 is 0 Å². The highest BCUT2D eigenvalue weighted by molar-refractivity contribution is 5.78. The summed E-state index contributed by atoms with van der Waals surface area (Å²) in [7, 11) is 0. The molecule has 1 aliphatic rings. The number of hydrogen-bond donors (Lipinski definition) is 1. The van der Waals surface area contributed by atoms with Crippen LogP contribution in [0.25, 0.3) is 11.1 Å². The normalized spacial score (nSPS) is 18.4. The van der Waals surface area contributed by atoms with Crippen molar-refractivity contribution < 1.29 is 4.79 Å². The first-order valence-corrected chi connectivity index (χ1v) is 8.45. The maximum absolute atomic E-state index is 12.3. The Labute approximate surface area is 137 Å². The molecule has 2 heterocycles. The zero-order valence-electron chi connectivity index (χ0n) is 14.2. The van der Waals surface area contributed by atoms with Crippen molar-refractivity contribution in [3.05, 3.63) is 41.7 Å². The fraction of sp³-hybridized carbons (Fsp3) is 0.474. The average molecular weight is 311 g/mol. The lowest BCUT2D eigenvalue weighted by atomic mass is 9.90. The predicted molar refractivity (Wildman–Crippen MR) is 92.2 cm³/mol. The summed E-state index contributed by atoms with van der Waals surface area (Å²) in [5, 5.41) is 7.46. The molecule has 1 unspecified atom stereocenters. The number of aryl methyl sites for hydroxylation is 1. The van der Waals surface area contributed by atoms with Crippen molar-refractivity contribution in [3.8, 4) is 11.1 Å². The first-order chi connectivity index (χ1) is 11.1. The highest BCUT2D eigenvalue weighted by Gasteiger charge is 2.28. The largest absolute Gasteiger partial charge is 0.342 e. The Morgan fingerprint density at radius 1 is 1.30 bits per heavy atom. The van der Waals surface area contributed by atoms with E-state index in [9.17, 15) is 4.79 Å². The molecule has 23 heavy (non-hydrogen) atoms. The summed E-state index contributed by atoms with van der Waals surface area (Å²) in [5.41, 5.74) is 4.76. The monoisotopic (exact) mass is 311 g/mol. The quantitative estimate of drug-likeness (QED) is 0.938. The van der Waals surface area contributed by atoms with Gasteiger partial charge in [-0.25, -0.2) is 0 Å². The average Bonchev–Trinajstić information content (AvgIpc) is 3.04. The van der Waals surface area contributed by atoms with E-state index < -0.39 is 0 Å². The van der Waals surface area contributed by atoms with E-state index in [2.05, 4.69) is 41.4 Å². The number of carbonyl (C=O) groups is 1. The SMILES string of the molecule is Cc1ccc(-c2cn[nH]c2C2CCCN(C(=O)C(C)C)C2)cc1. The number of aromatic amines is 1. The summed E-state index contributed by atoms with van der Waals surface area (Å²) in [4.78, 5) is 14.3. The topological polar surface area (TPSA) is 49.0 Å². The summed E-state index contributed by atoms with van der Waals surface area (Å²) < 4.78 is 0. The molecule has 0 spiro atoms.